The summed E-state index contributed by atoms with van der Waals surface area (Å²) in [4.78, 5) is 6.20. The molecule has 136 valence electrons. The summed E-state index contributed by atoms with van der Waals surface area (Å²) in [6, 6.07) is 19.2. The number of para-hydroxylation sites is 1. The minimum absolute atomic E-state index is 0.152. The van der Waals surface area contributed by atoms with Gasteiger partial charge in [0.15, 0.2) is 0 Å². The summed E-state index contributed by atoms with van der Waals surface area (Å²) >= 11 is 0. The number of H-pyrrole nitrogens is 2. The first-order valence-corrected chi connectivity index (χ1v) is 9.29. The lowest BCUT2D eigenvalue weighted by molar-refractivity contribution is 0.199. The van der Waals surface area contributed by atoms with Crippen molar-refractivity contribution < 1.29 is 4.74 Å². The number of methoxy groups -OCH3 is 1. The summed E-state index contributed by atoms with van der Waals surface area (Å²) in [6.07, 6.45) is 2.85. The van der Waals surface area contributed by atoms with Crippen molar-refractivity contribution in [1.29, 1.82) is 0 Å². The van der Waals surface area contributed by atoms with E-state index in [9.17, 15) is 0 Å². The number of benzene rings is 2. The molecule has 1 aliphatic heterocycles. The molecule has 2 aromatic carbocycles. The first kappa shape index (κ1) is 16.1. The zero-order chi connectivity index (χ0) is 18.2. The number of aromatic amines is 2. The Morgan fingerprint density at radius 2 is 2.07 bits per heavy atom. The maximum atomic E-state index is 5.49. The molecule has 5 rings (SSSR count). The molecule has 0 aliphatic carbocycles. The number of fused-ring (bicyclic) bond motifs is 3. The highest BCUT2D eigenvalue weighted by molar-refractivity contribution is 5.85. The molecule has 0 saturated heterocycles. The van der Waals surface area contributed by atoms with Gasteiger partial charge in [0.2, 0.25) is 0 Å². The molecule has 5 nitrogen and oxygen atoms in total. The van der Waals surface area contributed by atoms with E-state index in [4.69, 9.17) is 4.74 Å². The van der Waals surface area contributed by atoms with E-state index >= 15 is 0 Å². The van der Waals surface area contributed by atoms with Gasteiger partial charge in [-0.2, -0.15) is 5.10 Å². The SMILES string of the molecule is COc1cccc([C@@H]2c3[nH]c4ccccc4c3CCN2Cc2ccn[nH]2)c1. The third kappa shape index (κ3) is 2.80. The summed E-state index contributed by atoms with van der Waals surface area (Å²) in [5, 5.41) is 8.55. The summed E-state index contributed by atoms with van der Waals surface area (Å²) < 4.78 is 5.49. The van der Waals surface area contributed by atoms with E-state index in [0.717, 1.165) is 31.0 Å². The van der Waals surface area contributed by atoms with Crippen LogP contribution in [0.3, 0.4) is 0 Å². The molecule has 4 aromatic rings. The lowest BCUT2D eigenvalue weighted by Gasteiger charge is -2.36. The van der Waals surface area contributed by atoms with Gasteiger partial charge in [-0.25, -0.2) is 0 Å². The smallest absolute Gasteiger partial charge is 0.119 e. The van der Waals surface area contributed by atoms with Gasteiger partial charge in [-0.3, -0.25) is 10.00 Å². The third-order valence-corrected chi connectivity index (χ3v) is 5.48. The maximum absolute atomic E-state index is 5.49. The largest absolute Gasteiger partial charge is 0.497 e. The predicted molar refractivity (Wildman–Crippen MR) is 106 cm³/mol. The van der Waals surface area contributed by atoms with Crippen molar-refractivity contribution in [2.45, 2.75) is 19.0 Å². The second-order valence-corrected chi connectivity index (χ2v) is 7.04. The fraction of sp³-hybridized carbons (Fsp3) is 0.227. The van der Waals surface area contributed by atoms with Crippen molar-refractivity contribution in [3.63, 3.8) is 0 Å². The van der Waals surface area contributed by atoms with Crippen molar-refractivity contribution in [3.8, 4) is 5.75 Å². The number of nitrogens with zero attached hydrogens (tertiary/aromatic N) is 2. The van der Waals surface area contributed by atoms with Gasteiger partial charge < -0.3 is 9.72 Å². The van der Waals surface area contributed by atoms with Crippen LogP contribution in [0.1, 0.15) is 28.6 Å². The molecular formula is C22H22N4O. The molecule has 5 heteroatoms. The van der Waals surface area contributed by atoms with Crippen molar-refractivity contribution in [3.05, 3.63) is 83.3 Å². The van der Waals surface area contributed by atoms with E-state index in [1.165, 1.54) is 27.7 Å². The van der Waals surface area contributed by atoms with Crippen LogP contribution >= 0.6 is 0 Å². The minimum Gasteiger partial charge on any atom is -0.497 e. The van der Waals surface area contributed by atoms with Crippen LogP contribution < -0.4 is 4.74 Å². The van der Waals surface area contributed by atoms with Crippen LogP contribution in [0.25, 0.3) is 10.9 Å². The van der Waals surface area contributed by atoms with Crippen LogP contribution in [0.5, 0.6) is 5.75 Å². The summed E-state index contributed by atoms with van der Waals surface area (Å²) in [6.45, 7) is 1.83. The van der Waals surface area contributed by atoms with Gasteiger partial charge in [0, 0.05) is 41.6 Å². The molecule has 1 aliphatic rings. The van der Waals surface area contributed by atoms with Crippen LogP contribution in [0.15, 0.2) is 60.8 Å². The van der Waals surface area contributed by atoms with Gasteiger partial charge in [0.1, 0.15) is 5.75 Å². The Balaban J connectivity index is 1.64. The Bertz CT molecular complexity index is 1070. The standard InChI is InChI=1S/C22H22N4O/c1-27-17-6-4-5-15(13-17)22-21-19(18-7-2-3-8-20(18)24-21)10-12-26(22)14-16-9-11-23-25-16/h2-9,11,13,22,24H,10,12,14H2,1H3,(H,23,25)/t22-/m1/s1. The van der Waals surface area contributed by atoms with E-state index in [0.29, 0.717) is 0 Å². The fourth-order valence-electron chi connectivity index (χ4n) is 4.24. The molecule has 0 spiro atoms. The zero-order valence-corrected chi connectivity index (χ0v) is 15.3. The lowest BCUT2D eigenvalue weighted by Crippen LogP contribution is -2.35. The van der Waals surface area contributed by atoms with Gasteiger partial charge in [0.05, 0.1) is 13.2 Å². The van der Waals surface area contributed by atoms with Gasteiger partial charge in [-0.05, 0) is 41.8 Å². The highest BCUT2D eigenvalue weighted by Crippen LogP contribution is 2.39. The molecule has 0 radical (unpaired) electrons. The predicted octanol–water partition coefficient (Wildman–Crippen LogP) is 4.05. The maximum Gasteiger partial charge on any atom is 0.119 e. The number of ether oxygens (including phenoxy) is 1. The molecule has 0 fully saturated rings. The molecule has 0 amide bonds. The highest BCUT2D eigenvalue weighted by Gasteiger charge is 2.32. The van der Waals surface area contributed by atoms with Crippen LogP contribution in [-0.2, 0) is 13.0 Å². The Hall–Kier alpha value is -3.05. The van der Waals surface area contributed by atoms with Crippen LogP contribution in [0.4, 0.5) is 0 Å². The number of nitrogens with one attached hydrogen (secondary N) is 2. The molecule has 2 aromatic heterocycles. The molecule has 0 bridgehead atoms. The Labute approximate surface area is 158 Å². The second kappa shape index (κ2) is 6.59. The summed E-state index contributed by atoms with van der Waals surface area (Å²) in [5.41, 5.74) is 6.29. The first-order chi connectivity index (χ1) is 13.3. The van der Waals surface area contributed by atoms with Crippen molar-refractivity contribution in [1.82, 2.24) is 20.1 Å². The third-order valence-electron chi connectivity index (χ3n) is 5.48. The topological polar surface area (TPSA) is 56.9 Å². The molecule has 0 saturated carbocycles. The quantitative estimate of drug-likeness (QED) is 0.579. The van der Waals surface area contributed by atoms with E-state index < -0.39 is 0 Å². The number of rotatable bonds is 4. The number of aromatic nitrogens is 3. The van der Waals surface area contributed by atoms with Crippen molar-refractivity contribution in [2.24, 2.45) is 0 Å². The molecule has 2 N–H and O–H groups in total. The van der Waals surface area contributed by atoms with Crippen LogP contribution in [-0.4, -0.2) is 33.7 Å². The highest BCUT2D eigenvalue weighted by atomic mass is 16.5. The minimum atomic E-state index is 0.152. The van der Waals surface area contributed by atoms with E-state index in [2.05, 4.69) is 62.5 Å². The van der Waals surface area contributed by atoms with Crippen LogP contribution in [0.2, 0.25) is 0 Å². The average molecular weight is 358 g/mol. The average Bonchev–Trinajstić information content (AvgIpc) is 3.35. The van der Waals surface area contributed by atoms with E-state index in [-0.39, 0.29) is 6.04 Å². The van der Waals surface area contributed by atoms with E-state index in [1.54, 1.807) is 7.11 Å². The monoisotopic (exact) mass is 358 g/mol. The summed E-state index contributed by atoms with van der Waals surface area (Å²) in [5.74, 6) is 0.886. The molecule has 1 atom stereocenters. The normalized spacial score (nSPS) is 17.1. The lowest BCUT2D eigenvalue weighted by atomic mass is 9.92. The summed E-state index contributed by atoms with van der Waals surface area (Å²) in [7, 11) is 1.72. The molecule has 27 heavy (non-hydrogen) atoms. The fourth-order valence-corrected chi connectivity index (χ4v) is 4.24. The second-order valence-electron chi connectivity index (χ2n) is 7.04. The van der Waals surface area contributed by atoms with Crippen LogP contribution in [0, 0.1) is 0 Å². The Morgan fingerprint density at radius 1 is 1.15 bits per heavy atom. The molecule has 3 heterocycles. The van der Waals surface area contributed by atoms with Gasteiger partial charge in [-0.1, -0.05) is 30.3 Å². The van der Waals surface area contributed by atoms with Crippen molar-refractivity contribution >= 4 is 10.9 Å². The first-order valence-electron chi connectivity index (χ1n) is 9.29. The van der Waals surface area contributed by atoms with E-state index in [1.807, 2.05) is 18.3 Å². The Kier molecular flexibility index (Phi) is 3.94. The van der Waals surface area contributed by atoms with Gasteiger partial charge in [-0.15, -0.1) is 0 Å². The van der Waals surface area contributed by atoms with Gasteiger partial charge in [0.25, 0.3) is 0 Å². The molecule has 0 unspecified atom stereocenters. The van der Waals surface area contributed by atoms with Crippen molar-refractivity contribution in [2.75, 3.05) is 13.7 Å². The zero-order valence-electron chi connectivity index (χ0n) is 15.3. The van der Waals surface area contributed by atoms with Gasteiger partial charge >= 0.3 is 0 Å². The number of hydrogen-bond donors (Lipinski definition) is 2. The molecular weight excluding hydrogens is 336 g/mol. The Morgan fingerprint density at radius 3 is 2.93 bits per heavy atom. The number of hydrogen-bond acceptors (Lipinski definition) is 3.